The van der Waals surface area contributed by atoms with Crippen molar-refractivity contribution in [3.8, 4) is 11.1 Å². The number of benzene rings is 2. The molecule has 3 N–H and O–H groups in total. The number of ether oxygens (including phenoxy) is 2. The number of hydrogen-bond acceptors (Lipinski definition) is 6. The largest absolute Gasteiger partial charge is 0.440 e. The second kappa shape index (κ2) is 8.75. The highest BCUT2D eigenvalue weighted by Crippen LogP contribution is 2.34. The first kappa shape index (κ1) is 21.8. The number of aromatic nitrogens is 1. The smallest absolute Gasteiger partial charge is 0.416 e. The van der Waals surface area contributed by atoms with Gasteiger partial charge in [0.05, 0.1) is 36.7 Å². The zero-order chi connectivity index (χ0) is 23.7. The Morgan fingerprint density at radius 2 is 1.79 bits per heavy atom. The predicted molar refractivity (Wildman–Crippen MR) is 125 cm³/mol. The molecule has 9 heteroatoms. The van der Waals surface area contributed by atoms with Crippen molar-refractivity contribution >= 4 is 29.2 Å². The van der Waals surface area contributed by atoms with E-state index in [2.05, 4.69) is 10.3 Å². The van der Waals surface area contributed by atoms with Gasteiger partial charge in [-0.15, -0.1) is 0 Å². The van der Waals surface area contributed by atoms with E-state index in [-0.39, 0.29) is 5.82 Å². The van der Waals surface area contributed by atoms with Gasteiger partial charge in [0.25, 0.3) is 5.91 Å². The van der Waals surface area contributed by atoms with Crippen molar-refractivity contribution in [2.45, 2.75) is 18.4 Å². The lowest BCUT2D eigenvalue weighted by Gasteiger charge is -2.30. The molecule has 2 fully saturated rings. The fraction of sp³-hybridized carbons (Fsp3) is 0.240. The summed E-state index contributed by atoms with van der Waals surface area (Å²) in [4.78, 5) is 31.0. The van der Waals surface area contributed by atoms with Crippen LogP contribution in [0.4, 0.5) is 26.4 Å². The monoisotopic (exact) mass is 462 g/mol. The molecule has 5 rings (SSSR count). The topological polar surface area (TPSA) is 107 Å². The lowest BCUT2D eigenvalue weighted by Crippen LogP contribution is -2.40. The van der Waals surface area contributed by atoms with Gasteiger partial charge in [0.1, 0.15) is 17.2 Å². The molecular formula is C25H23FN4O4. The zero-order valence-electron chi connectivity index (χ0n) is 18.3. The van der Waals surface area contributed by atoms with Gasteiger partial charge in [-0.1, -0.05) is 18.2 Å². The molecule has 2 aromatic carbocycles. The first-order valence-corrected chi connectivity index (χ1v) is 10.9. The van der Waals surface area contributed by atoms with Crippen LogP contribution >= 0.6 is 0 Å². The summed E-state index contributed by atoms with van der Waals surface area (Å²) >= 11 is 0. The molecule has 2 aliphatic heterocycles. The number of anilines is 3. The molecule has 0 bridgehead atoms. The van der Waals surface area contributed by atoms with Crippen molar-refractivity contribution in [3.63, 3.8) is 0 Å². The maximum Gasteiger partial charge on any atom is 0.416 e. The molecular weight excluding hydrogens is 439 g/mol. The van der Waals surface area contributed by atoms with Crippen LogP contribution in [0, 0.1) is 5.82 Å². The molecule has 34 heavy (non-hydrogen) atoms. The van der Waals surface area contributed by atoms with Crippen LogP contribution in [0.3, 0.4) is 0 Å². The van der Waals surface area contributed by atoms with Gasteiger partial charge in [0, 0.05) is 19.0 Å². The number of nitrogens with two attached hydrogens (primary N) is 1. The van der Waals surface area contributed by atoms with E-state index in [1.165, 1.54) is 23.2 Å². The van der Waals surface area contributed by atoms with E-state index < -0.39 is 17.6 Å². The summed E-state index contributed by atoms with van der Waals surface area (Å²) in [7, 11) is 0. The van der Waals surface area contributed by atoms with Crippen LogP contribution in [0.2, 0.25) is 0 Å². The predicted octanol–water partition coefficient (Wildman–Crippen LogP) is 4.23. The summed E-state index contributed by atoms with van der Waals surface area (Å²) in [5, 5.41) is 2.80. The van der Waals surface area contributed by atoms with Crippen LogP contribution in [-0.4, -0.2) is 42.3 Å². The van der Waals surface area contributed by atoms with Gasteiger partial charge >= 0.3 is 6.09 Å². The Labute approximate surface area is 195 Å². The minimum absolute atomic E-state index is 0.309. The standard InChI is InChI=1S/C25H23FN4O4/c26-19-5-1-16(2-6-19)17-3-7-20(27)21(13-17)29-23(31)18-4-8-22(28-14-18)30-15-25(34-24(30)32)9-11-33-12-10-25/h1-8,13-14H,9-12,15,27H2,(H,29,31). The minimum atomic E-state index is -0.542. The number of nitrogens with one attached hydrogen (secondary N) is 1. The molecule has 8 nitrogen and oxygen atoms in total. The van der Waals surface area contributed by atoms with Crippen molar-refractivity contribution in [2.24, 2.45) is 0 Å². The molecule has 2 saturated heterocycles. The number of halogens is 1. The molecule has 174 valence electrons. The van der Waals surface area contributed by atoms with Gasteiger partial charge in [-0.2, -0.15) is 0 Å². The normalized spacial score (nSPS) is 17.0. The van der Waals surface area contributed by atoms with Gasteiger partial charge in [-0.25, -0.2) is 14.2 Å². The van der Waals surface area contributed by atoms with Crippen molar-refractivity contribution < 1.29 is 23.5 Å². The molecule has 0 radical (unpaired) electrons. The lowest BCUT2D eigenvalue weighted by atomic mass is 9.94. The molecule has 1 aromatic heterocycles. The molecule has 0 unspecified atom stereocenters. The van der Waals surface area contributed by atoms with Crippen LogP contribution in [0.15, 0.2) is 60.8 Å². The number of nitrogen functional groups attached to an aromatic ring is 1. The Kier molecular flexibility index (Phi) is 5.62. The fourth-order valence-electron chi connectivity index (χ4n) is 4.16. The number of nitrogens with zero attached hydrogens (tertiary/aromatic N) is 2. The molecule has 0 aliphatic carbocycles. The maximum absolute atomic E-state index is 13.2. The zero-order valence-corrected chi connectivity index (χ0v) is 18.3. The van der Waals surface area contributed by atoms with E-state index in [1.807, 2.05) is 0 Å². The summed E-state index contributed by atoms with van der Waals surface area (Å²) < 4.78 is 24.2. The molecule has 2 amide bonds. The SMILES string of the molecule is Nc1ccc(-c2ccc(F)cc2)cc1NC(=O)c1ccc(N2CC3(CCOCC3)OC2=O)nc1. The first-order chi connectivity index (χ1) is 16.4. The third kappa shape index (κ3) is 4.29. The second-order valence-electron chi connectivity index (χ2n) is 8.42. The van der Waals surface area contributed by atoms with Crippen LogP contribution in [0.25, 0.3) is 11.1 Å². The van der Waals surface area contributed by atoms with E-state index in [4.69, 9.17) is 15.2 Å². The highest BCUT2D eigenvalue weighted by molar-refractivity contribution is 6.06. The van der Waals surface area contributed by atoms with Gasteiger partial charge in [-0.3, -0.25) is 9.69 Å². The van der Waals surface area contributed by atoms with Crippen LogP contribution in [0.5, 0.6) is 0 Å². The van der Waals surface area contributed by atoms with E-state index in [1.54, 1.807) is 42.5 Å². The Morgan fingerprint density at radius 3 is 2.50 bits per heavy atom. The average Bonchev–Trinajstić information content (AvgIpc) is 3.16. The number of amides is 2. The summed E-state index contributed by atoms with van der Waals surface area (Å²) in [5.74, 6) is -0.302. The highest BCUT2D eigenvalue weighted by atomic mass is 19.1. The quantitative estimate of drug-likeness (QED) is 0.562. The van der Waals surface area contributed by atoms with Crippen LogP contribution in [0.1, 0.15) is 23.2 Å². The number of carbonyl (C=O) groups excluding carboxylic acids is 2. The summed E-state index contributed by atoms with van der Waals surface area (Å²) in [6.45, 7) is 1.51. The van der Waals surface area contributed by atoms with Crippen LogP contribution < -0.4 is 16.0 Å². The van der Waals surface area contributed by atoms with Gasteiger partial charge < -0.3 is 20.5 Å². The first-order valence-electron chi connectivity index (χ1n) is 10.9. The van der Waals surface area contributed by atoms with E-state index in [0.29, 0.717) is 55.4 Å². The third-order valence-electron chi connectivity index (χ3n) is 6.14. The molecule has 1 spiro atoms. The number of hydrogen-bond donors (Lipinski definition) is 2. The van der Waals surface area contributed by atoms with Gasteiger partial charge in [-0.05, 0) is 47.5 Å². The third-order valence-corrected chi connectivity index (χ3v) is 6.14. The number of pyridine rings is 1. The van der Waals surface area contributed by atoms with E-state index in [9.17, 15) is 14.0 Å². The molecule has 0 atom stereocenters. The molecule has 3 aromatic rings. The Bertz CT molecular complexity index is 1220. The van der Waals surface area contributed by atoms with Crippen molar-refractivity contribution in [1.29, 1.82) is 0 Å². The maximum atomic E-state index is 13.2. The fourth-order valence-corrected chi connectivity index (χ4v) is 4.16. The summed E-state index contributed by atoms with van der Waals surface area (Å²) in [5.41, 5.74) is 8.22. The molecule has 3 heterocycles. The average molecular weight is 462 g/mol. The lowest BCUT2D eigenvalue weighted by molar-refractivity contribution is -0.0431. The van der Waals surface area contributed by atoms with Crippen molar-refractivity contribution in [2.75, 3.05) is 35.7 Å². The van der Waals surface area contributed by atoms with Crippen molar-refractivity contribution in [3.05, 3.63) is 72.2 Å². The number of carbonyl (C=O) groups is 2. The van der Waals surface area contributed by atoms with E-state index in [0.717, 1.165) is 11.1 Å². The summed E-state index contributed by atoms with van der Waals surface area (Å²) in [6.07, 6.45) is 2.26. The highest BCUT2D eigenvalue weighted by Gasteiger charge is 2.47. The van der Waals surface area contributed by atoms with Gasteiger partial charge in [0.2, 0.25) is 0 Å². The number of rotatable bonds is 4. The Morgan fingerprint density at radius 1 is 1.06 bits per heavy atom. The van der Waals surface area contributed by atoms with Crippen molar-refractivity contribution in [1.82, 2.24) is 4.98 Å². The van der Waals surface area contributed by atoms with Gasteiger partial charge in [0.15, 0.2) is 0 Å². The second-order valence-corrected chi connectivity index (χ2v) is 8.42. The minimum Gasteiger partial charge on any atom is -0.440 e. The Hall–Kier alpha value is -3.98. The van der Waals surface area contributed by atoms with E-state index >= 15 is 0 Å². The molecule has 2 aliphatic rings. The molecule has 0 saturated carbocycles. The van der Waals surface area contributed by atoms with Crippen LogP contribution in [-0.2, 0) is 9.47 Å². The summed E-state index contributed by atoms with van der Waals surface area (Å²) in [6, 6.07) is 14.5. The Balaban J connectivity index is 1.30.